The van der Waals surface area contributed by atoms with Crippen LogP contribution in [0.25, 0.3) is 11.1 Å². The fraction of sp³-hybridized carbons (Fsp3) is 0.600. The Hall–Kier alpha value is -2.04. The van der Waals surface area contributed by atoms with Crippen LogP contribution in [0.15, 0.2) is 24.3 Å². The van der Waals surface area contributed by atoms with Gasteiger partial charge in [0, 0.05) is 0 Å². The second-order valence-corrected chi connectivity index (χ2v) is 9.53. The first kappa shape index (κ1) is 25.1. The van der Waals surface area contributed by atoms with Gasteiger partial charge < -0.3 is 18.9 Å². The van der Waals surface area contributed by atoms with E-state index in [1.54, 1.807) is 0 Å². The van der Waals surface area contributed by atoms with E-state index in [2.05, 4.69) is 65.8 Å². The summed E-state index contributed by atoms with van der Waals surface area (Å²) in [6.45, 7) is 14.9. The van der Waals surface area contributed by atoms with Crippen LogP contribution >= 0.6 is 0 Å². The predicted molar refractivity (Wildman–Crippen MR) is 138 cm³/mol. The predicted octanol–water partition coefficient (Wildman–Crippen LogP) is 6.72. The van der Waals surface area contributed by atoms with Gasteiger partial charge in [0.25, 0.3) is 0 Å². The van der Waals surface area contributed by atoms with E-state index in [1.165, 1.54) is 33.4 Å². The molecule has 0 saturated carbocycles. The molecule has 0 N–H and O–H groups in total. The third-order valence-electron chi connectivity index (χ3n) is 7.23. The molecular formula is C30H42O4. The fourth-order valence-corrected chi connectivity index (χ4v) is 4.88. The Morgan fingerprint density at radius 3 is 1.12 bits per heavy atom. The summed E-state index contributed by atoms with van der Waals surface area (Å²) in [5.74, 6) is 2.13. The van der Waals surface area contributed by atoms with Gasteiger partial charge in [-0.1, -0.05) is 41.5 Å². The summed E-state index contributed by atoms with van der Waals surface area (Å²) in [5, 5.41) is 0. The number of benzene rings is 2. The molecule has 2 fully saturated rings. The first-order chi connectivity index (χ1) is 16.6. The van der Waals surface area contributed by atoms with Crippen LogP contribution in [0.2, 0.25) is 0 Å². The third kappa shape index (κ3) is 5.44. The summed E-state index contributed by atoms with van der Waals surface area (Å²) in [5.41, 5.74) is 7.66. The van der Waals surface area contributed by atoms with Crippen LogP contribution in [0, 0.1) is 0 Å². The molecule has 4 heteroatoms. The lowest BCUT2D eigenvalue weighted by Crippen LogP contribution is -2.23. The highest BCUT2D eigenvalue weighted by Gasteiger charge is 2.35. The van der Waals surface area contributed by atoms with Crippen molar-refractivity contribution < 1.29 is 18.9 Å². The van der Waals surface area contributed by atoms with Crippen molar-refractivity contribution in [3.8, 4) is 22.6 Å². The average molecular weight is 467 g/mol. The van der Waals surface area contributed by atoms with Gasteiger partial charge in [0.15, 0.2) is 0 Å². The lowest BCUT2D eigenvalue weighted by Gasteiger charge is -2.23. The smallest absolute Gasteiger partial charge is 0.127 e. The normalized spacial score (nSPS) is 20.6. The molecule has 4 unspecified atom stereocenters. The van der Waals surface area contributed by atoms with E-state index in [4.69, 9.17) is 18.9 Å². The van der Waals surface area contributed by atoms with Crippen molar-refractivity contribution in [2.24, 2.45) is 0 Å². The topological polar surface area (TPSA) is 43.5 Å². The van der Waals surface area contributed by atoms with Crippen molar-refractivity contribution in [2.45, 2.75) is 104 Å². The molecule has 34 heavy (non-hydrogen) atoms. The van der Waals surface area contributed by atoms with Gasteiger partial charge in [-0.15, -0.1) is 0 Å². The molecule has 4 atom stereocenters. The quantitative estimate of drug-likeness (QED) is 0.308. The number of hydrogen-bond donors (Lipinski definition) is 0. The van der Waals surface area contributed by atoms with Crippen molar-refractivity contribution in [1.82, 2.24) is 0 Å². The minimum atomic E-state index is 0.137. The molecule has 2 aliphatic heterocycles. The maximum absolute atomic E-state index is 6.56. The van der Waals surface area contributed by atoms with Crippen LogP contribution in [-0.4, -0.2) is 37.6 Å². The molecule has 186 valence electrons. The Bertz CT molecular complexity index is 844. The minimum absolute atomic E-state index is 0.137. The molecule has 0 bridgehead atoms. The second-order valence-electron chi connectivity index (χ2n) is 9.53. The molecule has 2 aromatic carbocycles. The summed E-state index contributed by atoms with van der Waals surface area (Å²) in [6, 6.07) is 9.32. The van der Waals surface area contributed by atoms with Gasteiger partial charge in [-0.05, 0) is 96.2 Å². The van der Waals surface area contributed by atoms with Crippen molar-refractivity contribution in [3.05, 3.63) is 46.5 Å². The highest BCUT2D eigenvalue weighted by atomic mass is 16.6. The molecule has 0 radical (unpaired) electrons. The highest BCUT2D eigenvalue weighted by molar-refractivity contribution is 5.71. The SMILES string of the molecule is CCc1cc(-c2cc(CC)c(OC(CC)C3CO3)c(CC)c2)cc(CC)c1OC(CC)C1CO1. The van der Waals surface area contributed by atoms with Gasteiger partial charge in [0.05, 0.1) is 13.2 Å². The molecule has 2 saturated heterocycles. The summed E-state index contributed by atoms with van der Waals surface area (Å²) in [6.07, 6.45) is 6.48. The number of epoxide rings is 2. The number of rotatable bonds is 13. The van der Waals surface area contributed by atoms with Crippen LogP contribution in [0.5, 0.6) is 11.5 Å². The van der Waals surface area contributed by atoms with E-state index in [-0.39, 0.29) is 24.4 Å². The maximum Gasteiger partial charge on any atom is 0.127 e. The molecule has 0 aliphatic carbocycles. The average Bonchev–Trinajstić information content (AvgIpc) is 3.78. The summed E-state index contributed by atoms with van der Waals surface area (Å²) in [4.78, 5) is 0. The van der Waals surface area contributed by atoms with Crippen LogP contribution < -0.4 is 9.47 Å². The van der Waals surface area contributed by atoms with E-state index in [0.717, 1.165) is 63.2 Å². The van der Waals surface area contributed by atoms with Gasteiger partial charge in [0.2, 0.25) is 0 Å². The van der Waals surface area contributed by atoms with Gasteiger partial charge in [-0.3, -0.25) is 0 Å². The molecule has 4 nitrogen and oxygen atoms in total. The number of aryl methyl sites for hydroxylation is 4. The third-order valence-corrected chi connectivity index (χ3v) is 7.23. The zero-order valence-electron chi connectivity index (χ0n) is 21.9. The molecule has 4 rings (SSSR count). The van der Waals surface area contributed by atoms with Crippen LogP contribution in [0.1, 0.15) is 76.6 Å². The zero-order valence-corrected chi connectivity index (χ0v) is 21.9. The second kappa shape index (κ2) is 11.1. The lowest BCUT2D eigenvalue weighted by atomic mass is 9.92. The van der Waals surface area contributed by atoms with Crippen LogP contribution in [-0.2, 0) is 35.2 Å². The van der Waals surface area contributed by atoms with E-state index in [9.17, 15) is 0 Å². The minimum Gasteiger partial charge on any atom is -0.487 e. The molecular weight excluding hydrogens is 424 g/mol. The molecule has 0 amide bonds. The first-order valence-electron chi connectivity index (χ1n) is 13.4. The van der Waals surface area contributed by atoms with Crippen LogP contribution in [0.3, 0.4) is 0 Å². The lowest BCUT2D eigenvalue weighted by molar-refractivity contribution is 0.152. The maximum atomic E-state index is 6.56. The van der Waals surface area contributed by atoms with E-state index < -0.39 is 0 Å². The molecule has 0 spiro atoms. The Balaban J connectivity index is 1.71. The highest BCUT2D eigenvalue weighted by Crippen LogP contribution is 2.38. The molecule has 2 aliphatic rings. The fourth-order valence-electron chi connectivity index (χ4n) is 4.88. The van der Waals surface area contributed by atoms with E-state index >= 15 is 0 Å². The van der Waals surface area contributed by atoms with Gasteiger partial charge in [-0.25, -0.2) is 0 Å². The van der Waals surface area contributed by atoms with Crippen molar-refractivity contribution in [3.63, 3.8) is 0 Å². The van der Waals surface area contributed by atoms with E-state index in [1.807, 2.05) is 0 Å². The molecule has 0 aromatic heterocycles. The molecule has 2 aromatic rings. The standard InChI is InChI=1S/C30H42O4/c1-7-19-13-23(14-20(8-2)29(19)33-25(11-5)27-17-31-27)24-15-21(9-3)30(22(10-4)16-24)34-26(12-6)28-18-32-28/h13-16,25-28H,7-12,17-18H2,1-6H3. The van der Waals surface area contributed by atoms with Gasteiger partial charge in [-0.2, -0.15) is 0 Å². The number of hydrogen-bond acceptors (Lipinski definition) is 4. The van der Waals surface area contributed by atoms with Crippen molar-refractivity contribution in [1.29, 1.82) is 0 Å². The Morgan fingerprint density at radius 1 is 0.618 bits per heavy atom. The first-order valence-corrected chi connectivity index (χ1v) is 13.4. The van der Waals surface area contributed by atoms with Crippen molar-refractivity contribution >= 4 is 0 Å². The summed E-state index contributed by atoms with van der Waals surface area (Å²) in [7, 11) is 0. The Morgan fingerprint density at radius 2 is 0.912 bits per heavy atom. The summed E-state index contributed by atoms with van der Waals surface area (Å²) < 4.78 is 24.2. The van der Waals surface area contributed by atoms with Crippen molar-refractivity contribution in [2.75, 3.05) is 13.2 Å². The van der Waals surface area contributed by atoms with Gasteiger partial charge in [0.1, 0.15) is 35.9 Å². The monoisotopic (exact) mass is 466 g/mol. The number of ether oxygens (including phenoxy) is 4. The Labute approximate surface area is 205 Å². The largest absolute Gasteiger partial charge is 0.487 e. The van der Waals surface area contributed by atoms with Crippen LogP contribution in [0.4, 0.5) is 0 Å². The van der Waals surface area contributed by atoms with E-state index in [0.29, 0.717) is 0 Å². The molecule has 2 heterocycles. The summed E-state index contributed by atoms with van der Waals surface area (Å²) >= 11 is 0. The Kier molecular flexibility index (Phi) is 8.21. The van der Waals surface area contributed by atoms with Gasteiger partial charge >= 0.3 is 0 Å². The zero-order chi connectivity index (χ0) is 24.2.